The van der Waals surface area contributed by atoms with Crippen LogP contribution in [-0.2, 0) is 4.74 Å². The van der Waals surface area contributed by atoms with Gasteiger partial charge in [0.15, 0.2) is 0 Å². The van der Waals surface area contributed by atoms with E-state index in [1.807, 2.05) is 0 Å². The molecule has 0 radical (unpaired) electrons. The van der Waals surface area contributed by atoms with Crippen LogP contribution in [-0.4, -0.2) is 22.3 Å². The van der Waals surface area contributed by atoms with Crippen LogP contribution in [0.1, 0.15) is 36.6 Å². The molecule has 6 heteroatoms. The smallest absolute Gasteiger partial charge is 0.0669 e. The van der Waals surface area contributed by atoms with Gasteiger partial charge in [-0.05, 0) is 37.2 Å². The summed E-state index contributed by atoms with van der Waals surface area (Å²) in [5, 5.41) is 3.81. The minimum atomic E-state index is 0.161. The predicted octanol–water partition coefficient (Wildman–Crippen LogP) is 1.00. The molecule has 5 nitrogen and oxygen atoms in total. The van der Waals surface area contributed by atoms with Crippen LogP contribution < -0.4 is 11.3 Å². The summed E-state index contributed by atoms with van der Waals surface area (Å²) in [5.74, 6) is 5.51. The summed E-state index contributed by atoms with van der Waals surface area (Å²) in [6.45, 7) is 0.910. The first-order chi connectivity index (χ1) is 7.40. The van der Waals surface area contributed by atoms with E-state index in [2.05, 4.69) is 15.0 Å². The van der Waals surface area contributed by atoms with Crippen molar-refractivity contribution in [1.29, 1.82) is 0 Å². The first kappa shape index (κ1) is 10.9. The lowest BCUT2D eigenvalue weighted by atomic mass is 10.1. The Kier molecular flexibility index (Phi) is 4.01. The molecule has 1 aliphatic rings. The minimum Gasteiger partial charge on any atom is -0.378 e. The molecule has 0 spiro atoms. The van der Waals surface area contributed by atoms with Gasteiger partial charge in [0.05, 0.1) is 23.2 Å². The quantitative estimate of drug-likeness (QED) is 0.581. The second-order valence-corrected chi connectivity index (χ2v) is 4.57. The van der Waals surface area contributed by atoms with Crippen molar-refractivity contribution in [2.24, 2.45) is 5.84 Å². The summed E-state index contributed by atoms with van der Waals surface area (Å²) >= 11 is 1.39. The Morgan fingerprint density at radius 3 is 3.27 bits per heavy atom. The highest BCUT2D eigenvalue weighted by atomic mass is 32.1. The third kappa shape index (κ3) is 2.94. The lowest BCUT2D eigenvalue weighted by molar-refractivity contribution is 0.0997. The molecule has 2 unspecified atom stereocenters. The van der Waals surface area contributed by atoms with E-state index in [0.29, 0.717) is 6.10 Å². The monoisotopic (exact) mass is 228 g/mol. The summed E-state index contributed by atoms with van der Waals surface area (Å²) in [5.41, 5.74) is 2.80. The van der Waals surface area contributed by atoms with Crippen molar-refractivity contribution < 1.29 is 4.74 Å². The van der Waals surface area contributed by atoms with E-state index < -0.39 is 0 Å². The van der Waals surface area contributed by atoms with Gasteiger partial charge in [-0.15, -0.1) is 5.10 Å². The lowest BCUT2D eigenvalue weighted by Crippen LogP contribution is -2.28. The van der Waals surface area contributed by atoms with Gasteiger partial charge in [-0.25, -0.2) is 0 Å². The van der Waals surface area contributed by atoms with Crippen molar-refractivity contribution in [3.8, 4) is 0 Å². The summed E-state index contributed by atoms with van der Waals surface area (Å²) in [6, 6.07) is 0.161. The van der Waals surface area contributed by atoms with Gasteiger partial charge in [0.1, 0.15) is 0 Å². The molecule has 15 heavy (non-hydrogen) atoms. The second kappa shape index (κ2) is 5.50. The fourth-order valence-corrected chi connectivity index (χ4v) is 2.46. The number of hydrogen-bond donors (Lipinski definition) is 2. The summed E-state index contributed by atoms with van der Waals surface area (Å²) < 4.78 is 9.40. The summed E-state index contributed by atoms with van der Waals surface area (Å²) in [7, 11) is 0. The fraction of sp³-hybridized carbons (Fsp3) is 0.778. The second-order valence-electron chi connectivity index (χ2n) is 3.75. The molecule has 3 N–H and O–H groups in total. The molecule has 0 saturated carbocycles. The van der Waals surface area contributed by atoms with Gasteiger partial charge in [0, 0.05) is 6.61 Å². The number of ether oxygens (including phenoxy) is 1. The van der Waals surface area contributed by atoms with Gasteiger partial charge < -0.3 is 4.74 Å². The molecule has 84 valence electrons. The SMILES string of the molecule is NNC(CCC1CCCO1)c1cnns1. The van der Waals surface area contributed by atoms with Crippen LogP contribution in [0, 0.1) is 0 Å². The summed E-state index contributed by atoms with van der Waals surface area (Å²) in [6.07, 6.45) is 6.58. The number of hydrogen-bond acceptors (Lipinski definition) is 6. The van der Waals surface area contributed by atoms with E-state index >= 15 is 0 Å². The van der Waals surface area contributed by atoms with Crippen LogP contribution in [0.2, 0.25) is 0 Å². The number of nitrogens with zero attached hydrogens (tertiary/aromatic N) is 2. The van der Waals surface area contributed by atoms with E-state index in [1.165, 1.54) is 24.4 Å². The fourth-order valence-electron chi connectivity index (χ4n) is 1.86. The highest BCUT2D eigenvalue weighted by molar-refractivity contribution is 7.05. The Morgan fingerprint density at radius 1 is 1.73 bits per heavy atom. The number of hydrazine groups is 1. The molecule has 1 saturated heterocycles. The first-order valence-electron chi connectivity index (χ1n) is 5.25. The number of nitrogens with one attached hydrogen (secondary N) is 1. The van der Waals surface area contributed by atoms with Crippen molar-refractivity contribution in [2.45, 2.75) is 37.8 Å². The largest absolute Gasteiger partial charge is 0.378 e. The zero-order chi connectivity index (χ0) is 10.5. The van der Waals surface area contributed by atoms with Gasteiger partial charge in [0.2, 0.25) is 0 Å². The molecule has 2 rings (SSSR count). The van der Waals surface area contributed by atoms with E-state index in [1.54, 1.807) is 6.20 Å². The maximum atomic E-state index is 5.57. The average molecular weight is 228 g/mol. The molecule has 1 aromatic rings. The number of nitrogens with two attached hydrogens (primary N) is 1. The standard InChI is InChI=1S/C9H16N4OS/c10-12-8(9-6-11-13-15-9)4-3-7-2-1-5-14-7/h6-8,12H,1-5,10H2. The first-order valence-corrected chi connectivity index (χ1v) is 6.02. The van der Waals surface area contributed by atoms with Crippen LogP contribution in [0.15, 0.2) is 6.20 Å². The minimum absolute atomic E-state index is 0.161. The van der Waals surface area contributed by atoms with Crippen LogP contribution in [0.5, 0.6) is 0 Å². The van der Waals surface area contributed by atoms with E-state index in [0.717, 1.165) is 24.3 Å². The van der Waals surface area contributed by atoms with Crippen molar-refractivity contribution in [3.63, 3.8) is 0 Å². The van der Waals surface area contributed by atoms with Gasteiger partial charge in [-0.2, -0.15) is 0 Å². The Morgan fingerprint density at radius 2 is 2.67 bits per heavy atom. The molecule has 1 aliphatic heterocycles. The topological polar surface area (TPSA) is 73.1 Å². The number of rotatable bonds is 5. The van der Waals surface area contributed by atoms with E-state index in [9.17, 15) is 0 Å². The molecule has 0 amide bonds. The maximum Gasteiger partial charge on any atom is 0.0669 e. The van der Waals surface area contributed by atoms with Gasteiger partial charge in [-0.1, -0.05) is 4.49 Å². The van der Waals surface area contributed by atoms with Crippen LogP contribution in [0.3, 0.4) is 0 Å². The molecule has 2 atom stereocenters. The van der Waals surface area contributed by atoms with Gasteiger partial charge >= 0.3 is 0 Å². The maximum absolute atomic E-state index is 5.57. The molecule has 0 aliphatic carbocycles. The zero-order valence-electron chi connectivity index (χ0n) is 8.56. The predicted molar refractivity (Wildman–Crippen MR) is 58.2 cm³/mol. The normalized spacial score (nSPS) is 23.1. The van der Waals surface area contributed by atoms with Crippen molar-refractivity contribution >= 4 is 11.5 Å². The molecule has 0 aromatic carbocycles. The van der Waals surface area contributed by atoms with Gasteiger partial charge in [0.25, 0.3) is 0 Å². The zero-order valence-corrected chi connectivity index (χ0v) is 9.37. The van der Waals surface area contributed by atoms with Crippen LogP contribution >= 0.6 is 11.5 Å². The Labute approximate surface area is 93.1 Å². The van der Waals surface area contributed by atoms with E-state index in [-0.39, 0.29) is 6.04 Å². The summed E-state index contributed by atoms with van der Waals surface area (Å²) in [4.78, 5) is 1.09. The third-order valence-corrected chi connectivity index (χ3v) is 3.50. The Balaban J connectivity index is 1.80. The molecule has 2 heterocycles. The van der Waals surface area contributed by atoms with Crippen LogP contribution in [0.4, 0.5) is 0 Å². The molecule has 0 bridgehead atoms. The van der Waals surface area contributed by atoms with E-state index in [4.69, 9.17) is 10.6 Å². The Hall–Kier alpha value is -0.560. The third-order valence-electron chi connectivity index (χ3n) is 2.72. The molecule has 1 fully saturated rings. The van der Waals surface area contributed by atoms with Crippen LogP contribution in [0.25, 0.3) is 0 Å². The van der Waals surface area contributed by atoms with Crippen molar-refractivity contribution in [1.82, 2.24) is 15.0 Å². The molecular weight excluding hydrogens is 212 g/mol. The Bertz CT molecular complexity index is 274. The van der Waals surface area contributed by atoms with Crippen molar-refractivity contribution in [3.05, 3.63) is 11.1 Å². The lowest BCUT2D eigenvalue weighted by Gasteiger charge is -2.15. The van der Waals surface area contributed by atoms with Gasteiger partial charge in [-0.3, -0.25) is 11.3 Å². The molecular formula is C9H16N4OS. The highest BCUT2D eigenvalue weighted by Crippen LogP contribution is 2.24. The molecule has 1 aromatic heterocycles. The highest BCUT2D eigenvalue weighted by Gasteiger charge is 2.19. The number of aromatic nitrogens is 2. The average Bonchev–Trinajstić information content (AvgIpc) is 2.90. The van der Waals surface area contributed by atoms with Crippen molar-refractivity contribution in [2.75, 3.05) is 6.61 Å².